The van der Waals surface area contributed by atoms with E-state index in [1.54, 1.807) is 17.0 Å². The molecule has 0 saturated carbocycles. The lowest BCUT2D eigenvalue weighted by molar-refractivity contribution is 0.0500. The van der Waals surface area contributed by atoms with Gasteiger partial charge in [0.15, 0.2) is 5.69 Å². The second-order valence-electron chi connectivity index (χ2n) is 6.32. The zero-order valence-electron chi connectivity index (χ0n) is 14.2. The van der Waals surface area contributed by atoms with E-state index in [1.807, 2.05) is 32.0 Å². The first-order chi connectivity index (χ1) is 11.9. The average molecular weight is 363 g/mol. The van der Waals surface area contributed by atoms with Crippen LogP contribution in [0.2, 0.25) is 0 Å². The lowest BCUT2D eigenvalue weighted by atomic mass is 10.1. The van der Waals surface area contributed by atoms with E-state index in [0.717, 1.165) is 5.56 Å². The van der Waals surface area contributed by atoms with Crippen LogP contribution in [0.15, 0.2) is 36.5 Å². The summed E-state index contributed by atoms with van der Waals surface area (Å²) in [5.74, 6) is -0.282. The molecule has 134 valence electrons. The number of carbonyl (C=O) groups excluding carboxylic acids is 1. The van der Waals surface area contributed by atoms with Gasteiger partial charge in [-0.3, -0.25) is 4.79 Å². The Morgan fingerprint density at radius 3 is 2.56 bits per heavy atom. The van der Waals surface area contributed by atoms with E-state index in [9.17, 15) is 13.2 Å². The van der Waals surface area contributed by atoms with Crippen LogP contribution in [-0.2, 0) is 15.8 Å². The fraction of sp³-hybridized carbons (Fsp3) is 0.438. The maximum atomic E-state index is 12.8. The summed E-state index contributed by atoms with van der Waals surface area (Å²) < 4.78 is 27.1. The molecule has 1 aromatic carbocycles. The maximum absolute atomic E-state index is 12.8. The number of aromatic nitrogens is 3. The van der Waals surface area contributed by atoms with Gasteiger partial charge in [0.05, 0.1) is 11.9 Å². The van der Waals surface area contributed by atoms with E-state index in [1.165, 1.54) is 10.5 Å². The van der Waals surface area contributed by atoms with E-state index in [-0.39, 0.29) is 36.0 Å². The van der Waals surface area contributed by atoms with Gasteiger partial charge < -0.3 is 4.90 Å². The van der Waals surface area contributed by atoms with Gasteiger partial charge in [0.25, 0.3) is 5.91 Å². The normalized spacial score (nSPS) is 22.1. The van der Waals surface area contributed by atoms with Crippen LogP contribution < -0.4 is 0 Å². The topological polar surface area (TPSA) is 99.3 Å². The van der Waals surface area contributed by atoms with E-state index in [0.29, 0.717) is 6.54 Å². The third-order valence-corrected chi connectivity index (χ3v) is 6.29. The number of benzene rings is 1. The minimum atomic E-state index is -3.46. The third kappa shape index (κ3) is 3.72. The first-order valence-corrected chi connectivity index (χ1v) is 9.69. The fourth-order valence-electron chi connectivity index (χ4n) is 3.08. The summed E-state index contributed by atoms with van der Waals surface area (Å²) in [6.07, 6.45) is 1.37. The molecule has 1 N–H and O–H groups in total. The molecule has 1 aromatic heterocycles. The number of nitrogens with one attached hydrogen (secondary N) is 1. The highest BCUT2D eigenvalue weighted by atomic mass is 32.2. The Balaban J connectivity index is 1.74. The first kappa shape index (κ1) is 17.6. The number of sulfonamides is 1. The van der Waals surface area contributed by atoms with Crippen molar-refractivity contribution in [2.45, 2.75) is 31.7 Å². The molecule has 2 heterocycles. The predicted molar refractivity (Wildman–Crippen MR) is 92.1 cm³/mol. The molecule has 25 heavy (non-hydrogen) atoms. The van der Waals surface area contributed by atoms with Crippen molar-refractivity contribution in [3.05, 3.63) is 47.8 Å². The highest BCUT2D eigenvalue weighted by Gasteiger charge is 2.38. The molecule has 0 spiro atoms. The Morgan fingerprint density at radius 2 is 1.92 bits per heavy atom. The van der Waals surface area contributed by atoms with Crippen LogP contribution in [0.4, 0.5) is 0 Å². The van der Waals surface area contributed by atoms with Crippen molar-refractivity contribution >= 4 is 15.9 Å². The van der Waals surface area contributed by atoms with Gasteiger partial charge in [-0.15, -0.1) is 0 Å². The van der Waals surface area contributed by atoms with Crippen LogP contribution >= 0.6 is 0 Å². The zero-order chi connectivity index (χ0) is 18.0. The molecule has 1 aliphatic heterocycles. The molecule has 0 aliphatic carbocycles. The van der Waals surface area contributed by atoms with Crippen molar-refractivity contribution in [3.8, 4) is 0 Å². The molecule has 2 atom stereocenters. The summed E-state index contributed by atoms with van der Waals surface area (Å²) in [6.45, 7) is 4.24. The molecule has 1 aliphatic rings. The molecular weight excluding hydrogens is 342 g/mol. The van der Waals surface area contributed by atoms with Crippen molar-refractivity contribution in [2.75, 3.05) is 13.1 Å². The summed E-state index contributed by atoms with van der Waals surface area (Å²) in [5, 5.41) is 9.89. The molecule has 1 saturated heterocycles. The highest BCUT2D eigenvalue weighted by molar-refractivity contribution is 7.88. The summed E-state index contributed by atoms with van der Waals surface area (Å²) in [4.78, 5) is 14.1. The van der Waals surface area contributed by atoms with Gasteiger partial charge in [-0.05, 0) is 19.4 Å². The van der Waals surface area contributed by atoms with Crippen molar-refractivity contribution in [1.29, 1.82) is 0 Å². The molecule has 0 radical (unpaired) electrons. The van der Waals surface area contributed by atoms with Crippen LogP contribution in [0.3, 0.4) is 0 Å². The molecule has 2 aromatic rings. The molecule has 8 nitrogen and oxygen atoms in total. The first-order valence-electron chi connectivity index (χ1n) is 8.08. The predicted octanol–water partition coefficient (Wildman–Crippen LogP) is 0.869. The van der Waals surface area contributed by atoms with E-state index in [2.05, 4.69) is 15.4 Å². The van der Waals surface area contributed by atoms with Gasteiger partial charge in [-0.1, -0.05) is 30.3 Å². The molecule has 9 heteroatoms. The van der Waals surface area contributed by atoms with Gasteiger partial charge in [-0.25, -0.2) is 8.42 Å². The summed E-state index contributed by atoms with van der Waals surface area (Å²) in [5.41, 5.74) is 0.989. The zero-order valence-corrected chi connectivity index (χ0v) is 15.0. The Morgan fingerprint density at radius 1 is 1.20 bits per heavy atom. The van der Waals surface area contributed by atoms with Gasteiger partial charge in [-0.2, -0.15) is 19.7 Å². The number of hydrogen-bond donors (Lipinski definition) is 1. The van der Waals surface area contributed by atoms with Gasteiger partial charge in [0, 0.05) is 25.2 Å². The second-order valence-corrected chi connectivity index (χ2v) is 8.24. The quantitative estimate of drug-likeness (QED) is 0.869. The maximum Gasteiger partial charge on any atom is 0.276 e. The minimum Gasteiger partial charge on any atom is -0.332 e. The Kier molecular flexibility index (Phi) is 4.87. The van der Waals surface area contributed by atoms with Gasteiger partial charge >= 0.3 is 0 Å². The smallest absolute Gasteiger partial charge is 0.276 e. The standard InChI is InChI=1S/C16H21N5O3S/c1-12-10-21(25(23,24)11-14-6-4-3-5-7-14)13(2)9-20(12)16(22)15-8-17-19-18-15/h3-8,12-13H,9-11H2,1-2H3,(H,17,18,19)/t12-,13+/m0/s1. The van der Waals surface area contributed by atoms with Crippen LogP contribution in [0, 0.1) is 0 Å². The van der Waals surface area contributed by atoms with Gasteiger partial charge in [0.1, 0.15) is 0 Å². The molecule has 0 bridgehead atoms. The summed E-state index contributed by atoms with van der Waals surface area (Å²) in [7, 11) is -3.46. The lowest BCUT2D eigenvalue weighted by Crippen LogP contribution is -2.59. The summed E-state index contributed by atoms with van der Waals surface area (Å²) >= 11 is 0. The van der Waals surface area contributed by atoms with Crippen molar-refractivity contribution < 1.29 is 13.2 Å². The third-order valence-electron chi connectivity index (χ3n) is 4.37. The number of nitrogens with zero attached hydrogens (tertiary/aromatic N) is 4. The minimum absolute atomic E-state index is 0.0396. The van der Waals surface area contributed by atoms with Gasteiger partial charge in [0.2, 0.25) is 10.0 Å². The molecule has 1 fully saturated rings. The number of amides is 1. The van der Waals surface area contributed by atoms with Crippen molar-refractivity contribution in [2.24, 2.45) is 0 Å². The Bertz CT molecular complexity index is 823. The Labute approximate surface area is 146 Å². The fourth-order valence-corrected chi connectivity index (χ4v) is 4.92. The molecule has 1 amide bonds. The highest BCUT2D eigenvalue weighted by Crippen LogP contribution is 2.22. The molecule has 0 unspecified atom stereocenters. The SMILES string of the molecule is C[C@@H]1CN(C(=O)c2cn[nH]n2)[C@@H](C)CN1S(=O)(=O)Cc1ccccc1. The van der Waals surface area contributed by atoms with E-state index < -0.39 is 10.0 Å². The number of H-pyrrole nitrogens is 1. The van der Waals surface area contributed by atoms with Crippen LogP contribution in [0.25, 0.3) is 0 Å². The number of rotatable bonds is 4. The lowest BCUT2D eigenvalue weighted by Gasteiger charge is -2.43. The molecule has 3 rings (SSSR count). The van der Waals surface area contributed by atoms with Crippen molar-refractivity contribution in [3.63, 3.8) is 0 Å². The number of carbonyl (C=O) groups is 1. The van der Waals surface area contributed by atoms with Crippen LogP contribution in [0.1, 0.15) is 29.9 Å². The largest absolute Gasteiger partial charge is 0.332 e. The second kappa shape index (κ2) is 6.93. The van der Waals surface area contributed by atoms with Crippen molar-refractivity contribution in [1.82, 2.24) is 24.6 Å². The monoisotopic (exact) mass is 363 g/mol. The van der Waals surface area contributed by atoms with E-state index >= 15 is 0 Å². The van der Waals surface area contributed by atoms with Crippen LogP contribution in [-0.4, -0.2) is 64.1 Å². The molecular formula is C16H21N5O3S. The number of piperazine rings is 1. The number of hydrogen-bond acceptors (Lipinski definition) is 5. The summed E-state index contributed by atoms with van der Waals surface area (Å²) in [6, 6.07) is 8.56. The van der Waals surface area contributed by atoms with Crippen LogP contribution in [0.5, 0.6) is 0 Å². The van der Waals surface area contributed by atoms with E-state index in [4.69, 9.17) is 0 Å². The average Bonchev–Trinajstić information content (AvgIpc) is 3.11. The Hall–Kier alpha value is -2.26. The number of aromatic amines is 1.